The van der Waals surface area contributed by atoms with Gasteiger partial charge in [-0.2, -0.15) is 13.2 Å². The van der Waals surface area contributed by atoms with Gasteiger partial charge in [0.1, 0.15) is 24.7 Å². The zero-order chi connectivity index (χ0) is 18.3. The highest BCUT2D eigenvalue weighted by atomic mass is 19.4. The van der Waals surface area contributed by atoms with Crippen molar-refractivity contribution in [2.45, 2.75) is 19.0 Å². The lowest BCUT2D eigenvalue weighted by Gasteiger charge is -2.17. The topological polar surface area (TPSA) is 55.6 Å². The molecule has 0 saturated carbocycles. The van der Waals surface area contributed by atoms with Crippen LogP contribution in [0.4, 0.5) is 13.2 Å². The molecule has 5 nitrogen and oxygen atoms in total. The van der Waals surface area contributed by atoms with Crippen LogP contribution in [0.25, 0.3) is 11.3 Å². The minimum absolute atomic E-state index is 0.385. The van der Waals surface area contributed by atoms with E-state index in [0.29, 0.717) is 25.1 Å². The molecule has 0 unspecified atom stereocenters. The van der Waals surface area contributed by atoms with E-state index in [1.165, 1.54) is 11.9 Å². The number of benzene rings is 1. The maximum absolute atomic E-state index is 12.0. The van der Waals surface area contributed by atoms with Gasteiger partial charge in [0.05, 0.1) is 0 Å². The number of ether oxygens (including phenoxy) is 1. The summed E-state index contributed by atoms with van der Waals surface area (Å²) in [5.74, 6) is 0.194. The molecule has 0 radical (unpaired) electrons. The van der Waals surface area contributed by atoms with Crippen molar-refractivity contribution in [1.29, 1.82) is 0 Å². The minimum Gasteiger partial charge on any atom is -0.362 e. The molecule has 136 valence electrons. The lowest BCUT2D eigenvalue weighted by molar-refractivity contribution is -0.177. The Kier molecular flexibility index (Phi) is 6.58. The summed E-state index contributed by atoms with van der Waals surface area (Å²) < 4.78 is 45.5. The first-order valence-corrected chi connectivity index (χ1v) is 7.74. The van der Waals surface area contributed by atoms with E-state index in [4.69, 9.17) is 4.52 Å². The summed E-state index contributed by atoms with van der Waals surface area (Å²) in [7, 11) is 1.52. The van der Waals surface area contributed by atoms with Gasteiger partial charge in [-0.05, 0) is 6.42 Å². The summed E-state index contributed by atoms with van der Waals surface area (Å²) in [6, 6.07) is 11.4. The maximum Gasteiger partial charge on any atom is 0.411 e. The third kappa shape index (κ3) is 6.58. The molecule has 0 saturated heterocycles. The van der Waals surface area contributed by atoms with Gasteiger partial charge in [-0.3, -0.25) is 4.79 Å². The number of halogens is 3. The molecular formula is C17H19F3N2O3. The number of nitrogens with zero attached hydrogens (tertiary/aromatic N) is 2. The smallest absolute Gasteiger partial charge is 0.362 e. The summed E-state index contributed by atoms with van der Waals surface area (Å²) in [4.78, 5) is 13.0. The Labute approximate surface area is 143 Å². The van der Waals surface area contributed by atoms with Gasteiger partial charge in [-0.15, -0.1) is 0 Å². The quantitative estimate of drug-likeness (QED) is 0.728. The fraction of sp³-hybridized carbons (Fsp3) is 0.412. The molecule has 1 amide bonds. The van der Waals surface area contributed by atoms with E-state index >= 15 is 0 Å². The number of amides is 1. The van der Waals surface area contributed by atoms with Gasteiger partial charge in [-0.25, -0.2) is 0 Å². The van der Waals surface area contributed by atoms with Crippen LogP contribution in [0.3, 0.4) is 0 Å². The van der Waals surface area contributed by atoms with Crippen LogP contribution in [-0.4, -0.2) is 48.9 Å². The first kappa shape index (κ1) is 19.0. The first-order chi connectivity index (χ1) is 11.8. The summed E-state index contributed by atoms with van der Waals surface area (Å²) >= 11 is 0. The van der Waals surface area contributed by atoms with Crippen molar-refractivity contribution in [3.63, 3.8) is 0 Å². The SMILES string of the molecule is CN(CCCc1cc(-c2ccccc2)no1)C(=O)COCC(F)(F)F. The molecule has 1 aromatic heterocycles. The zero-order valence-electron chi connectivity index (χ0n) is 13.8. The Morgan fingerprint density at radius 1 is 1.28 bits per heavy atom. The lowest BCUT2D eigenvalue weighted by Crippen LogP contribution is -2.32. The van der Waals surface area contributed by atoms with Crippen molar-refractivity contribution in [3.8, 4) is 11.3 Å². The van der Waals surface area contributed by atoms with Gasteiger partial charge >= 0.3 is 6.18 Å². The molecule has 25 heavy (non-hydrogen) atoms. The molecule has 1 heterocycles. The average molecular weight is 356 g/mol. The number of aromatic nitrogens is 1. The van der Waals surface area contributed by atoms with Crippen molar-refractivity contribution >= 4 is 5.91 Å². The molecule has 0 fully saturated rings. The van der Waals surface area contributed by atoms with Gasteiger partial charge in [0.2, 0.25) is 5.91 Å². The molecule has 8 heteroatoms. The summed E-state index contributed by atoms with van der Waals surface area (Å²) in [6.45, 7) is -1.63. The number of alkyl halides is 3. The summed E-state index contributed by atoms with van der Waals surface area (Å²) in [5, 5.41) is 4.00. The third-order valence-corrected chi connectivity index (χ3v) is 3.46. The van der Waals surface area contributed by atoms with Gasteiger partial charge < -0.3 is 14.2 Å². The number of aryl methyl sites for hydroxylation is 1. The van der Waals surface area contributed by atoms with Gasteiger partial charge in [-0.1, -0.05) is 35.5 Å². The molecule has 0 N–H and O–H groups in total. The Morgan fingerprint density at radius 3 is 2.68 bits per heavy atom. The van der Waals surface area contributed by atoms with E-state index in [9.17, 15) is 18.0 Å². The highest BCUT2D eigenvalue weighted by molar-refractivity contribution is 5.77. The predicted octanol–water partition coefficient (Wildman–Crippen LogP) is 3.31. The number of carbonyl (C=O) groups excluding carboxylic acids is 1. The molecule has 1 aromatic carbocycles. The standard InChI is InChI=1S/C17H19F3N2O3/c1-22(16(23)11-24-12-17(18,19)20)9-5-8-14-10-15(21-25-14)13-6-3-2-4-7-13/h2-4,6-7,10H,5,8-9,11-12H2,1H3. The molecule has 2 rings (SSSR count). The Balaban J connectivity index is 1.71. The fourth-order valence-corrected chi connectivity index (χ4v) is 2.16. The molecule has 0 atom stereocenters. The molecular weight excluding hydrogens is 337 g/mol. The first-order valence-electron chi connectivity index (χ1n) is 7.74. The molecule has 0 spiro atoms. The Hall–Kier alpha value is -2.35. The molecule has 0 aliphatic carbocycles. The van der Waals surface area contributed by atoms with Gasteiger partial charge in [0, 0.05) is 31.6 Å². The average Bonchev–Trinajstić information content (AvgIpc) is 3.03. The minimum atomic E-state index is -4.43. The van der Waals surface area contributed by atoms with Crippen molar-refractivity contribution in [1.82, 2.24) is 10.1 Å². The number of rotatable bonds is 8. The van der Waals surface area contributed by atoms with Gasteiger partial charge in [0.15, 0.2) is 0 Å². The Bertz CT molecular complexity index is 671. The molecule has 0 aliphatic heterocycles. The van der Waals surface area contributed by atoms with Gasteiger partial charge in [0.25, 0.3) is 0 Å². The van der Waals surface area contributed by atoms with Crippen LogP contribution < -0.4 is 0 Å². The van der Waals surface area contributed by atoms with Crippen LogP contribution in [-0.2, 0) is 16.0 Å². The van der Waals surface area contributed by atoms with Crippen molar-refractivity contribution < 1.29 is 27.2 Å². The van der Waals surface area contributed by atoms with Crippen LogP contribution in [0.5, 0.6) is 0 Å². The summed E-state index contributed by atoms with van der Waals surface area (Å²) in [6.07, 6.45) is -3.26. The molecule has 2 aromatic rings. The van der Waals surface area contributed by atoms with E-state index < -0.39 is 25.3 Å². The fourth-order valence-electron chi connectivity index (χ4n) is 2.16. The van der Waals surface area contributed by atoms with Crippen LogP contribution in [0.2, 0.25) is 0 Å². The molecule has 0 aliphatic rings. The highest BCUT2D eigenvalue weighted by Crippen LogP contribution is 2.19. The summed E-state index contributed by atoms with van der Waals surface area (Å²) in [5.41, 5.74) is 1.69. The Morgan fingerprint density at radius 2 is 2.00 bits per heavy atom. The highest BCUT2D eigenvalue weighted by Gasteiger charge is 2.28. The number of hydrogen-bond donors (Lipinski definition) is 0. The number of likely N-dealkylation sites (N-methyl/N-ethyl adjacent to an activating group) is 1. The van der Waals surface area contributed by atoms with Crippen molar-refractivity contribution in [2.75, 3.05) is 26.8 Å². The largest absolute Gasteiger partial charge is 0.411 e. The second kappa shape index (κ2) is 8.66. The monoisotopic (exact) mass is 356 g/mol. The van der Waals surface area contributed by atoms with Crippen LogP contribution in [0.15, 0.2) is 40.9 Å². The van der Waals surface area contributed by atoms with E-state index in [1.54, 1.807) is 0 Å². The second-order valence-electron chi connectivity index (χ2n) is 5.57. The van der Waals surface area contributed by atoms with E-state index in [0.717, 1.165) is 11.3 Å². The predicted molar refractivity (Wildman–Crippen MR) is 84.8 cm³/mol. The second-order valence-corrected chi connectivity index (χ2v) is 5.57. The van der Waals surface area contributed by atoms with E-state index in [1.807, 2.05) is 36.4 Å². The molecule has 0 bridgehead atoms. The normalized spacial score (nSPS) is 11.5. The van der Waals surface area contributed by atoms with Crippen molar-refractivity contribution in [2.24, 2.45) is 0 Å². The number of carbonyl (C=O) groups is 1. The van der Waals surface area contributed by atoms with Crippen LogP contribution >= 0.6 is 0 Å². The van der Waals surface area contributed by atoms with Crippen LogP contribution in [0, 0.1) is 0 Å². The lowest BCUT2D eigenvalue weighted by atomic mass is 10.1. The van der Waals surface area contributed by atoms with Crippen LogP contribution in [0.1, 0.15) is 12.2 Å². The zero-order valence-corrected chi connectivity index (χ0v) is 13.8. The van der Waals surface area contributed by atoms with E-state index in [-0.39, 0.29) is 0 Å². The van der Waals surface area contributed by atoms with E-state index in [2.05, 4.69) is 9.89 Å². The number of hydrogen-bond acceptors (Lipinski definition) is 4. The maximum atomic E-state index is 12.0. The van der Waals surface area contributed by atoms with Crippen molar-refractivity contribution in [3.05, 3.63) is 42.2 Å². The third-order valence-electron chi connectivity index (χ3n) is 3.46.